The number of aliphatic carboxylic acids is 1. The zero-order chi connectivity index (χ0) is 25.8. The Balaban J connectivity index is 0. The lowest BCUT2D eigenvalue weighted by Gasteiger charge is -2.01. The molecule has 1 aromatic heterocycles. The van der Waals surface area contributed by atoms with Gasteiger partial charge in [-0.1, -0.05) is 60.1 Å². The molecule has 0 saturated carbocycles. The van der Waals surface area contributed by atoms with Crippen LogP contribution in [0.5, 0.6) is 0 Å². The number of Topliss-reactive ketones (excluding diaryl/α,β-unsaturated/α-hetero) is 3. The lowest BCUT2D eigenvalue weighted by molar-refractivity contribution is -0.137. The number of aromatic nitrogens is 4. The van der Waals surface area contributed by atoms with E-state index in [4.69, 9.17) is 5.11 Å². The first-order valence-corrected chi connectivity index (χ1v) is 11.9. The summed E-state index contributed by atoms with van der Waals surface area (Å²) >= 11 is 0. The Morgan fingerprint density at radius 1 is 0.758 bits per heavy atom. The smallest absolute Gasteiger partial charge is 0.303 e. The highest BCUT2D eigenvalue weighted by Crippen LogP contribution is 2.05. The van der Waals surface area contributed by atoms with Crippen LogP contribution in [-0.2, 0) is 25.6 Å². The number of carboxylic acids is 1. The summed E-state index contributed by atoms with van der Waals surface area (Å²) in [5.74, 6) is 1.08. The number of hydrogen-bond acceptors (Lipinski definition) is 7. The lowest BCUT2D eigenvalue weighted by Crippen LogP contribution is -2.07. The Morgan fingerprint density at radius 2 is 1.21 bits per heavy atom. The van der Waals surface area contributed by atoms with Crippen molar-refractivity contribution in [3.05, 3.63) is 5.82 Å². The molecule has 1 rings (SSSR count). The fourth-order valence-corrected chi connectivity index (χ4v) is 2.34. The number of aryl methyl sites for hydroxylation is 1. The third-order valence-corrected chi connectivity index (χ3v) is 4.74. The van der Waals surface area contributed by atoms with E-state index in [1.54, 1.807) is 0 Å². The molecule has 0 amide bonds. The quantitative estimate of drug-likeness (QED) is 0.403. The average Bonchev–Trinajstić information content (AvgIpc) is 3.25. The van der Waals surface area contributed by atoms with Crippen molar-refractivity contribution in [2.45, 2.75) is 106 Å². The second kappa shape index (κ2) is 20.2. The van der Waals surface area contributed by atoms with Gasteiger partial charge in [0.2, 0.25) is 0 Å². The molecule has 0 unspecified atom stereocenters. The van der Waals surface area contributed by atoms with Crippen LogP contribution in [0.2, 0.25) is 0 Å². The Bertz CT molecular complexity index is 670. The van der Waals surface area contributed by atoms with Crippen LogP contribution >= 0.6 is 0 Å². The van der Waals surface area contributed by atoms with Crippen molar-refractivity contribution >= 4 is 23.3 Å². The van der Waals surface area contributed by atoms with Gasteiger partial charge in [0, 0.05) is 49.9 Å². The summed E-state index contributed by atoms with van der Waals surface area (Å²) < 4.78 is 0. The van der Waals surface area contributed by atoms with Gasteiger partial charge in [-0.2, -0.15) is 5.21 Å². The number of nitrogens with zero attached hydrogens (tertiary/aromatic N) is 3. The molecule has 0 saturated heterocycles. The van der Waals surface area contributed by atoms with Gasteiger partial charge in [-0.05, 0) is 19.3 Å². The van der Waals surface area contributed by atoms with Gasteiger partial charge in [-0.15, -0.1) is 10.2 Å². The van der Waals surface area contributed by atoms with Crippen molar-refractivity contribution in [1.29, 1.82) is 0 Å². The molecule has 0 aliphatic heterocycles. The molecule has 2 N–H and O–H groups in total. The van der Waals surface area contributed by atoms with Gasteiger partial charge in [0.1, 0.15) is 17.3 Å². The number of carboxylic acid groups (broad SMARTS) is 1. The maximum Gasteiger partial charge on any atom is 0.303 e. The van der Waals surface area contributed by atoms with Crippen molar-refractivity contribution in [1.82, 2.24) is 20.6 Å². The number of tetrazole rings is 1. The molecule has 0 aliphatic rings. The molecule has 0 fully saturated rings. The average molecular weight is 469 g/mol. The molecule has 0 radical (unpaired) electrons. The molecule has 190 valence electrons. The van der Waals surface area contributed by atoms with Gasteiger partial charge in [-0.25, -0.2) is 0 Å². The van der Waals surface area contributed by atoms with Crippen molar-refractivity contribution in [3.8, 4) is 0 Å². The van der Waals surface area contributed by atoms with Gasteiger partial charge >= 0.3 is 5.97 Å². The summed E-state index contributed by atoms with van der Waals surface area (Å²) in [6.07, 6.45) is 6.02. The van der Waals surface area contributed by atoms with E-state index in [-0.39, 0.29) is 30.0 Å². The zero-order valence-corrected chi connectivity index (χ0v) is 21.5. The summed E-state index contributed by atoms with van der Waals surface area (Å²) in [6.45, 7) is 13.5. The van der Waals surface area contributed by atoms with Gasteiger partial charge < -0.3 is 5.11 Å². The minimum absolute atomic E-state index is 0.0313. The van der Waals surface area contributed by atoms with Crippen molar-refractivity contribution < 1.29 is 24.3 Å². The van der Waals surface area contributed by atoms with Gasteiger partial charge in [-0.3, -0.25) is 19.2 Å². The fourth-order valence-electron chi connectivity index (χ4n) is 2.34. The van der Waals surface area contributed by atoms with E-state index >= 15 is 0 Å². The van der Waals surface area contributed by atoms with E-state index in [9.17, 15) is 19.2 Å². The van der Waals surface area contributed by atoms with Crippen LogP contribution in [0.4, 0.5) is 0 Å². The Kier molecular flexibility index (Phi) is 20.0. The molecular weight excluding hydrogens is 424 g/mol. The summed E-state index contributed by atoms with van der Waals surface area (Å²) in [6, 6.07) is 0. The molecule has 9 nitrogen and oxygen atoms in total. The Morgan fingerprint density at radius 3 is 1.58 bits per heavy atom. The maximum atomic E-state index is 11.2. The molecule has 0 bridgehead atoms. The third-order valence-electron chi connectivity index (χ3n) is 4.74. The predicted octanol–water partition coefficient (Wildman–Crippen LogP) is 4.62. The highest BCUT2D eigenvalue weighted by molar-refractivity contribution is 5.81. The molecular formula is C24H44N4O5. The number of carbonyl (C=O) groups excluding carboxylic acids is 3. The highest BCUT2D eigenvalue weighted by Gasteiger charge is 2.08. The van der Waals surface area contributed by atoms with Gasteiger partial charge in [0.05, 0.1) is 0 Å². The lowest BCUT2D eigenvalue weighted by atomic mass is 10.0. The summed E-state index contributed by atoms with van der Waals surface area (Å²) in [5, 5.41) is 21.7. The molecule has 1 aromatic rings. The monoisotopic (exact) mass is 468 g/mol. The number of nitrogens with one attached hydrogen (secondary N) is 1. The first-order chi connectivity index (χ1) is 15.4. The van der Waals surface area contributed by atoms with Crippen molar-refractivity contribution in [2.75, 3.05) is 0 Å². The Labute approximate surface area is 198 Å². The van der Waals surface area contributed by atoms with E-state index in [1.807, 2.05) is 41.5 Å². The molecule has 1 heterocycles. The fraction of sp³-hybridized carbons (Fsp3) is 0.792. The van der Waals surface area contributed by atoms with Crippen LogP contribution < -0.4 is 0 Å². The topological polar surface area (TPSA) is 143 Å². The largest absolute Gasteiger partial charge is 0.481 e. The SMILES string of the molecule is CC(C)C(=O)CCCC(=O)O.CC(C)C(=O)CCCc1nn[nH]n1.CCCCC(=O)C(C)C. The summed E-state index contributed by atoms with van der Waals surface area (Å²) in [5.41, 5.74) is 0. The zero-order valence-electron chi connectivity index (χ0n) is 21.5. The number of rotatable bonds is 14. The van der Waals surface area contributed by atoms with Crippen LogP contribution in [0.25, 0.3) is 0 Å². The number of ketones is 3. The number of H-pyrrole nitrogens is 1. The van der Waals surface area contributed by atoms with Crippen LogP contribution in [0.15, 0.2) is 0 Å². The van der Waals surface area contributed by atoms with Crippen molar-refractivity contribution in [2.24, 2.45) is 17.8 Å². The Hall–Kier alpha value is -2.45. The standard InChI is InChI=1S/C8H14N4O.C8H14O3.C8H16O/c1-6(2)7(13)4-3-5-8-9-11-12-10-8;1-6(2)7(9)4-3-5-8(10)11;1-4-5-6-8(9)7(2)3/h6H,3-5H2,1-2H3,(H,9,10,11,12);6H,3-5H2,1-2H3,(H,10,11);7H,4-6H2,1-3H3. The summed E-state index contributed by atoms with van der Waals surface area (Å²) in [7, 11) is 0. The summed E-state index contributed by atoms with van der Waals surface area (Å²) in [4.78, 5) is 43.1. The van der Waals surface area contributed by atoms with Crippen LogP contribution in [0, 0.1) is 17.8 Å². The first-order valence-electron chi connectivity index (χ1n) is 11.9. The maximum absolute atomic E-state index is 11.2. The molecule has 33 heavy (non-hydrogen) atoms. The van der Waals surface area contributed by atoms with Crippen LogP contribution in [0.1, 0.15) is 106 Å². The molecule has 0 spiro atoms. The number of aromatic amines is 1. The van der Waals surface area contributed by atoms with E-state index in [2.05, 4.69) is 27.5 Å². The second-order valence-corrected chi connectivity index (χ2v) is 8.90. The second-order valence-electron chi connectivity index (χ2n) is 8.90. The van der Waals surface area contributed by atoms with Crippen molar-refractivity contribution in [3.63, 3.8) is 0 Å². The molecule has 0 aromatic carbocycles. The van der Waals surface area contributed by atoms with Crippen LogP contribution in [-0.4, -0.2) is 49.0 Å². The predicted molar refractivity (Wildman–Crippen MR) is 128 cm³/mol. The highest BCUT2D eigenvalue weighted by atomic mass is 16.4. The van der Waals surface area contributed by atoms with E-state index in [1.165, 1.54) is 0 Å². The molecule has 9 heteroatoms. The van der Waals surface area contributed by atoms with Gasteiger partial charge in [0.15, 0.2) is 5.82 Å². The minimum Gasteiger partial charge on any atom is -0.481 e. The molecule has 0 atom stereocenters. The normalized spacial score (nSPS) is 10.4. The number of carbonyl (C=O) groups is 4. The molecule has 0 aliphatic carbocycles. The van der Waals surface area contributed by atoms with E-state index < -0.39 is 5.97 Å². The van der Waals surface area contributed by atoms with E-state index in [0.717, 1.165) is 32.1 Å². The number of unbranched alkanes of at least 4 members (excludes halogenated alkanes) is 1. The first kappa shape index (κ1) is 32.7. The third kappa shape index (κ3) is 21.2. The van der Waals surface area contributed by atoms with Gasteiger partial charge in [0.25, 0.3) is 0 Å². The number of hydrogen-bond donors (Lipinski definition) is 2. The van der Waals surface area contributed by atoms with E-state index in [0.29, 0.717) is 36.7 Å². The van der Waals surface area contributed by atoms with Crippen LogP contribution in [0.3, 0.4) is 0 Å². The minimum atomic E-state index is -0.832.